The van der Waals surface area contributed by atoms with Crippen molar-refractivity contribution in [3.8, 4) is 0 Å². The molecule has 0 radical (unpaired) electrons. The first-order chi connectivity index (χ1) is 7.65. The lowest BCUT2D eigenvalue weighted by Crippen LogP contribution is -2.53. The highest BCUT2D eigenvalue weighted by molar-refractivity contribution is 5.75. The van der Waals surface area contributed by atoms with Gasteiger partial charge >= 0.3 is 5.97 Å². The summed E-state index contributed by atoms with van der Waals surface area (Å²) in [5, 5.41) is 3.34. The number of carbonyl (C=O) groups excluding carboxylic acids is 1. The Kier molecular flexibility index (Phi) is 3.50. The highest BCUT2D eigenvalue weighted by atomic mass is 16.5. The van der Waals surface area contributed by atoms with Gasteiger partial charge in [-0.15, -0.1) is 0 Å². The summed E-state index contributed by atoms with van der Waals surface area (Å²) in [5.41, 5.74) is 0.131. The quantitative estimate of drug-likeness (QED) is 0.737. The molecule has 4 heteroatoms. The van der Waals surface area contributed by atoms with Crippen molar-refractivity contribution in [3.05, 3.63) is 0 Å². The highest BCUT2D eigenvalue weighted by Crippen LogP contribution is 2.42. The fourth-order valence-electron chi connectivity index (χ4n) is 2.69. The van der Waals surface area contributed by atoms with E-state index in [0.29, 0.717) is 6.04 Å². The second kappa shape index (κ2) is 4.72. The second-order valence-corrected chi connectivity index (χ2v) is 4.99. The summed E-state index contributed by atoms with van der Waals surface area (Å²) >= 11 is 0. The van der Waals surface area contributed by atoms with Crippen LogP contribution >= 0.6 is 0 Å². The molecule has 0 amide bonds. The summed E-state index contributed by atoms with van der Waals surface area (Å²) in [5.74, 6) is -0.186. The van der Waals surface area contributed by atoms with E-state index in [2.05, 4.69) is 5.32 Å². The van der Waals surface area contributed by atoms with Crippen LogP contribution in [0.2, 0.25) is 0 Å². The summed E-state index contributed by atoms with van der Waals surface area (Å²) in [6.45, 7) is 2.67. The lowest BCUT2D eigenvalue weighted by Gasteiger charge is -2.47. The van der Waals surface area contributed by atoms with E-state index in [1.54, 1.807) is 0 Å². The lowest BCUT2D eigenvalue weighted by atomic mass is 9.74. The van der Waals surface area contributed by atoms with Gasteiger partial charge in [-0.25, -0.2) is 0 Å². The number of methoxy groups -OCH3 is 1. The average molecular weight is 227 g/mol. The molecule has 0 aromatic heterocycles. The van der Waals surface area contributed by atoms with Crippen molar-refractivity contribution >= 4 is 5.97 Å². The first-order valence-electron chi connectivity index (χ1n) is 6.13. The van der Waals surface area contributed by atoms with Crippen LogP contribution in [0.1, 0.15) is 39.0 Å². The Morgan fingerprint density at radius 3 is 2.88 bits per heavy atom. The third kappa shape index (κ3) is 2.38. The third-order valence-corrected chi connectivity index (χ3v) is 3.80. The van der Waals surface area contributed by atoms with E-state index in [0.717, 1.165) is 19.4 Å². The summed E-state index contributed by atoms with van der Waals surface area (Å²) in [6.07, 6.45) is 5.66. The van der Waals surface area contributed by atoms with Crippen molar-refractivity contribution in [3.63, 3.8) is 0 Å². The van der Waals surface area contributed by atoms with Crippen LogP contribution in [-0.2, 0) is 14.3 Å². The van der Waals surface area contributed by atoms with Gasteiger partial charge in [0.15, 0.2) is 0 Å². The van der Waals surface area contributed by atoms with E-state index in [1.807, 2.05) is 6.92 Å². The molecule has 1 saturated carbocycles. The minimum absolute atomic E-state index is 0.131. The predicted molar refractivity (Wildman–Crippen MR) is 60.2 cm³/mol. The maximum Gasteiger partial charge on any atom is 0.322 e. The van der Waals surface area contributed by atoms with Crippen LogP contribution in [0.3, 0.4) is 0 Å². The van der Waals surface area contributed by atoms with Crippen LogP contribution < -0.4 is 5.32 Å². The Labute approximate surface area is 96.7 Å². The summed E-state index contributed by atoms with van der Waals surface area (Å²) in [7, 11) is 1.43. The van der Waals surface area contributed by atoms with Crippen molar-refractivity contribution < 1.29 is 14.3 Å². The number of ether oxygens (including phenoxy) is 2. The topological polar surface area (TPSA) is 47.6 Å². The maximum atomic E-state index is 11.3. The van der Waals surface area contributed by atoms with Crippen LogP contribution in [-0.4, -0.2) is 37.4 Å². The fourth-order valence-corrected chi connectivity index (χ4v) is 2.69. The molecule has 0 aromatic rings. The number of rotatable bonds is 3. The molecule has 0 aromatic carbocycles. The Hall–Kier alpha value is -0.610. The lowest BCUT2D eigenvalue weighted by molar-refractivity contribution is -0.147. The minimum atomic E-state index is -0.217. The van der Waals surface area contributed by atoms with Crippen molar-refractivity contribution in [2.45, 2.75) is 56.7 Å². The monoisotopic (exact) mass is 227 g/mol. The number of nitrogens with one attached hydrogen (secondary N) is 1. The van der Waals surface area contributed by atoms with E-state index < -0.39 is 0 Å². The first-order valence-corrected chi connectivity index (χ1v) is 6.13. The van der Waals surface area contributed by atoms with E-state index in [1.165, 1.54) is 26.4 Å². The van der Waals surface area contributed by atoms with Gasteiger partial charge in [-0.2, -0.15) is 0 Å². The van der Waals surface area contributed by atoms with Crippen LogP contribution in [0, 0.1) is 0 Å². The predicted octanol–water partition coefficient (Wildman–Crippen LogP) is 1.24. The summed E-state index contributed by atoms with van der Waals surface area (Å²) < 4.78 is 10.6. The minimum Gasteiger partial charge on any atom is -0.468 e. The van der Waals surface area contributed by atoms with Crippen LogP contribution in [0.4, 0.5) is 0 Å². The molecule has 2 aliphatic rings. The zero-order chi connectivity index (χ0) is 11.6. The zero-order valence-corrected chi connectivity index (χ0v) is 10.1. The first kappa shape index (κ1) is 11.9. The number of carbonyl (C=O) groups is 1. The van der Waals surface area contributed by atoms with Crippen molar-refractivity contribution in [2.75, 3.05) is 13.7 Å². The van der Waals surface area contributed by atoms with Crippen LogP contribution in [0.15, 0.2) is 0 Å². The fraction of sp³-hybridized carbons (Fsp3) is 0.917. The van der Waals surface area contributed by atoms with Gasteiger partial charge in [0.25, 0.3) is 0 Å². The maximum absolute atomic E-state index is 11.3. The molecule has 2 unspecified atom stereocenters. The SMILES string of the molecule is COC(=O)C(C)NC1CCOC2(CCC2)C1. The van der Waals surface area contributed by atoms with Gasteiger partial charge in [0, 0.05) is 12.6 Å². The second-order valence-electron chi connectivity index (χ2n) is 4.99. The van der Waals surface area contributed by atoms with E-state index in [4.69, 9.17) is 9.47 Å². The summed E-state index contributed by atoms with van der Waals surface area (Å²) in [4.78, 5) is 11.3. The third-order valence-electron chi connectivity index (χ3n) is 3.80. The molecule has 0 bridgehead atoms. The van der Waals surface area contributed by atoms with E-state index in [9.17, 15) is 4.79 Å². The molecule has 4 nitrogen and oxygen atoms in total. The Bertz CT molecular complexity index is 263. The number of esters is 1. The smallest absolute Gasteiger partial charge is 0.322 e. The molecule has 1 saturated heterocycles. The molecule has 1 spiro atoms. The molecule has 92 valence electrons. The molecule has 16 heavy (non-hydrogen) atoms. The van der Waals surface area contributed by atoms with Crippen LogP contribution in [0.5, 0.6) is 0 Å². The zero-order valence-electron chi connectivity index (χ0n) is 10.1. The molecule has 2 rings (SSSR count). The molecule has 1 N–H and O–H groups in total. The Balaban J connectivity index is 1.83. The molecule has 2 atom stereocenters. The Morgan fingerprint density at radius 2 is 2.31 bits per heavy atom. The highest BCUT2D eigenvalue weighted by Gasteiger charge is 2.42. The summed E-state index contributed by atoms with van der Waals surface area (Å²) in [6, 6.07) is 0.174. The molecular formula is C12H21NO3. The normalized spacial score (nSPS) is 29.5. The molecular weight excluding hydrogens is 206 g/mol. The van der Waals surface area contributed by atoms with Gasteiger partial charge in [-0.05, 0) is 39.0 Å². The van der Waals surface area contributed by atoms with Gasteiger partial charge in [0.1, 0.15) is 6.04 Å². The van der Waals surface area contributed by atoms with Crippen molar-refractivity contribution in [2.24, 2.45) is 0 Å². The van der Waals surface area contributed by atoms with Gasteiger partial charge in [-0.1, -0.05) is 0 Å². The van der Waals surface area contributed by atoms with Crippen LogP contribution in [0.25, 0.3) is 0 Å². The van der Waals surface area contributed by atoms with Gasteiger partial charge < -0.3 is 14.8 Å². The Morgan fingerprint density at radius 1 is 1.56 bits per heavy atom. The number of hydrogen-bond acceptors (Lipinski definition) is 4. The van der Waals surface area contributed by atoms with Gasteiger partial charge in [0.05, 0.1) is 12.7 Å². The van der Waals surface area contributed by atoms with Crippen molar-refractivity contribution in [1.29, 1.82) is 0 Å². The number of hydrogen-bond donors (Lipinski definition) is 1. The molecule has 2 fully saturated rings. The average Bonchev–Trinajstić information content (AvgIpc) is 2.26. The standard InChI is InChI=1S/C12H21NO3/c1-9(11(14)15-2)13-10-4-7-16-12(8-10)5-3-6-12/h9-10,13H,3-8H2,1-2H3. The van der Waals surface area contributed by atoms with Gasteiger partial charge in [-0.3, -0.25) is 4.79 Å². The largest absolute Gasteiger partial charge is 0.468 e. The van der Waals surface area contributed by atoms with Gasteiger partial charge in [0.2, 0.25) is 0 Å². The van der Waals surface area contributed by atoms with Crippen molar-refractivity contribution in [1.82, 2.24) is 5.32 Å². The molecule has 1 aliphatic carbocycles. The van der Waals surface area contributed by atoms with E-state index in [-0.39, 0.29) is 17.6 Å². The molecule has 1 heterocycles. The van der Waals surface area contributed by atoms with E-state index >= 15 is 0 Å². The molecule has 1 aliphatic heterocycles.